The molecule has 3 heteroatoms. The van der Waals surface area contributed by atoms with E-state index in [1.54, 1.807) is 6.08 Å². The zero-order valence-corrected chi connectivity index (χ0v) is 10.9. The average molecular weight is 328 g/mol. The highest BCUT2D eigenvalue weighted by molar-refractivity contribution is 14.1. The van der Waals surface area contributed by atoms with Gasteiger partial charge in [0, 0.05) is 3.57 Å². The molecule has 1 aliphatic carbocycles. The van der Waals surface area contributed by atoms with Gasteiger partial charge >= 0.3 is 0 Å². The summed E-state index contributed by atoms with van der Waals surface area (Å²) in [7, 11) is 0. The number of rotatable bonds is 2. The summed E-state index contributed by atoms with van der Waals surface area (Å²) >= 11 is 2.19. The van der Waals surface area contributed by atoms with Gasteiger partial charge < -0.3 is 5.11 Å². The van der Waals surface area contributed by atoms with Gasteiger partial charge in [0.15, 0.2) is 5.78 Å². The summed E-state index contributed by atoms with van der Waals surface area (Å²) in [6.07, 6.45) is 4.40. The highest BCUT2D eigenvalue weighted by Gasteiger charge is 2.28. The number of hydrogen-bond acceptors (Lipinski definition) is 2. The number of hydrogen-bond donors (Lipinski definition) is 1. The van der Waals surface area contributed by atoms with Crippen molar-refractivity contribution >= 4 is 28.4 Å². The van der Waals surface area contributed by atoms with E-state index in [1.807, 2.05) is 30.3 Å². The van der Waals surface area contributed by atoms with Crippen molar-refractivity contribution in [1.82, 2.24) is 0 Å². The molecule has 0 saturated carbocycles. The fourth-order valence-corrected chi connectivity index (χ4v) is 2.69. The third-order valence-corrected chi connectivity index (χ3v) is 3.88. The maximum Gasteiger partial charge on any atom is 0.161 e. The van der Waals surface area contributed by atoms with Crippen LogP contribution in [-0.4, -0.2) is 10.9 Å². The number of aliphatic hydroxyl groups excluding tert-OH is 1. The van der Waals surface area contributed by atoms with E-state index in [0.29, 0.717) is 0 Å². The second-order valence-electron chi connectivity index (χ2n) is 3.95. The van der Waals surface area contributed by atoms with Gasteiger partial charge in [-0.05, 0) is 53.1 Å². The molecule has 0 amide bonds. The highest BCUT2D eigenvalue weighted by atomic mass is 127. The molecular weight excluding hydrogens is 315 g/mol. The largest absolute Gasteiger partial charge is 0.388 e. The summed E-state index contributed by atoms with van der Waals surface area (Å²) in [5.74, 6) is -0.237. The Bertz CT molecular complexity index is 426. The molecule has 16 heavy (non-hydrogen) atoms. The predicted octanol–water partition coefficient (Wildman–Crippen LogP) is 2.86. The average Bonchev–Trinajstić information content (AvgIpc) is 2.29. The van der Waals surface area contributed by atoms with E-state index in [9.17, 15) is 9.90 Å². The Morgan fingerprint density at radius 3 is 2.81 bits per heavy atom. The van der Waals surface area contributed by atoms with Gasteiger partial charge in [0.2, 0.25) is 0 Å². The van der Waals surface area contributed by atoms with Crippen LogP contribution in [0.3, 0.4) is 0 Å². The van der Waals surface area contributed by atoms with Gasteiger partial charge in [-0.2, -0.15) is 0 Å². The molecule has 1 aromatic rings. The van der Waals surface area contributed by atoms with E-state index < -0.39 is 6.10 Å². The van der Waals surface area contributed by atoms with E-state index in [4.69, 9.17) is 0 Å². The number of carbonyl (C=O) groups excluding carboxylic acids is 1. The van der Waals surface area contributed by atoms with E-state index in [0.717, 1.165) is 22.0 Å². The van der Waals surface area contributed by atoms with Crippen molar-refractivity contribution in [2.24, 2.45) is 5.92 Å². The molecule has 0 heterocycles. The maximum absolute atomic E-state index is 11.7. The van der Waals surface area contributed by atoms with Crippen LogP contribution >= 0.6 is 22.6 Å². The van der Waals surface area contributed by atoms with E-state index in [1.165, 1.54) is 0 Å². The van der Waals surface area contributed by atoms with Crippen LogP contribution in [0.4, 0.5) is 0 Å². The summed E-state index contributed by atoms with van der Waals surface area (Å²) in [5.41, 5.74) is 0.858. The van der Waals surface area contributed by atoms with E-state index in [-0.39, 0.29) is 11.7 Å². The number of benzene rings is 1. The van der Waals surface area contributed by atoms with Crippen molar-refractivity contribution in [3.63, 3.8) is 0 Å². The number of aliphatic hydroxyl groups is 1. The van der Waals surface area contributed by atoms with Gasteiger partial charge in [-0.3, -0.25) is 4.79 Å². The molecule has 84 valence electrons. The third-order valence-electron chi connectivity index (χ3n) is 2.90. The Hall–Kier alpha value is -0.680. The first-order valence-corrected chi connectivity index (χ1v) is 6.41. The molecule has 0 fully saturated rings. The van der Waals surface area contributed by atoms with Crippen LogP contribution in [0.2, 0.25) is 0 Å². The molecule has 2 atom stereocenters. The summed E-state index contributed by atoms with van der Waals surface area (Å²) in [6, 6.07) is 7.66. The van der Waals surface area contributed by atoms with E-state index >= 15 is 0 Å². The van der Waals surface area contributed by atoms with Crippen LogP contribution in [0.5, 0.6) is 0 Å². The molecule has 1 unspecified atom stereocenters. The lowest BCUT2D eigenvalue weighted by atomic mass is 9.85. The minimum absolute atomic E-state index is 0.0402. The highest BCUT2D eigenvalue weighted by Crippen LogP contribution is 2.31. The number of halogens is 1. The fourth-order valence-electron chi connectivity index (χ4n) is 1.99. The molecule has 1 aromatic carbocycles. The molecule has 2 nitrogen and oxygen atoms in total. The Morgan fingerprint density at radius 1 is 1.38 bits per heavy atom. The Labute approximate surface area is 109 Å². The number of ketones is 1. The zero-order valence-electron chi connectivity index (χ0n) is 8.77. The standard InChI is InChI=1S/C13H13IO2/c14-11-7-3-1-5-9(11)13(16)10-6-2-4-8-12(10)15/h1,3-5,7-8,10,13,16H,2,6H2/t10-,13?/m0/s1. The van der Waals surface area contributed by atoms with Gasteiger partial charge in [-0.25, -0.2) is 0 Å². The minimum Gasteiger partial charge on any atom is -0.388 e. The van der Waals surface area contributed by atoms with Crippen LogP contribution in [0.25, 0.3) is 0 Å². The van der Waals surface area contributed by atoms with Gasteiger partial charge in [-0.1, -0.05) is 24.3 Å². The first-order valence-electron chi connectivity index (χ1n) is 5.33. The van der Waals surface area contributed by atoms with Gasteiger partial charge in [0.25, 0.3) is 0 Å². The monoisotopic (exact) mass is 328 g/mol. The van der Waals surface area contributed by atoms with Crippen LogP contribution in [0.15, 0.2) is 36.4 Å². The van der Waals surface area contributed by atoms with Crippen LogP contribution < -0.4 is 0 Å². The van der Waals surface area contributed by atoms with E-state index in [2.05, 4.69) is 22.6 Å². The normalized spacial score (nSPS) is 22.1. The molecule has 0 saturated heterocycles. The summed E-state index contributed by atoms with van der Waals surface area (Å²) in [4.78, 5) is 11.7. The Morgan fingerprint density at radius 2 is 2.12 bits per heavy atom. The molecule has 1 N–H and O–H groups in total. The van der Waals surface area contributed by atoms with Crippen molar-refractivity contribution in [2.75, 3.05) is 0 Å². The smallest absolute Gasteiger partial charge is 0.161 e. The van der Waals surface area contributed by atoms with Gasteiger partial charge in [0.05, 0.1) is 12.0 Å². The molecule has 0 spiro atoms. The molecule has 0 bridgehead atoms. The van der Waals surface area contributed by atoms with Crippen LogP contribution in [0.1, 0.15) is 24.5 Å². The second kappa shape index (κ2) is 5.10. The number of allylic oxidation sites excluding steroid dienone is 2. The van der Waals surface area contributed by atoms with Crippen molar-refractivity contribution in [1.29, 1.82) is 0 Å². The fraction of sp³-hybridized carbons (Fsp3) is 0.308. The van der Waals surface area contributed by atoms with Gasteiger partial charge in [-0.15, -0.1) is 0 Å². The molecule has 1 aliphatic rings. The lowest BCUT2D eigenvalue weighted by Crippen LogP contribution is -2.23. The lowest BCUT2D eigenvalue weighted by molar-refractivity contribution is -0.122. The van der Waals surface area contributed by atoms with Crippen molar-refractivity contribution in [2.45, 2.75) is 18.9 Å². The SMILES string of the molecule is O=C1C=CCC[C@@H]1C(O)c1ccccc1I. The second-order valence-corrected chi connectivity index (χ2v) is 5.12. The first-order chi connectivity index (χ1) is 7.70. The minimum atomic E-state index is -0.675. The summed E-state index contributed by atoms with van der Waals surface area (Å²) in [6.45, 7) is 0. The quantitative estimate of drug-likeness (QED) is 0.848. The van der Waals surface area contributed by atoms with Crippen LogP contribution in [0, 0.1) is 9.49 Å². The summed E-state index contributed by atoms with van der Waals surface area (Å²) in [5, 5.41) is 10.2. The molecule has 0 aromatic heterocycles. The zero-order chi connectivity index (χ0) is 11.5. The molecular formula is C13H13IO2. The Kier molecular flexibility index (Phi) is 3.76. The molecule has 0 aliphatic heterocycles. The topological polar surface area (TPSA) is 37.3 Å². The predicted molar refractivity (Wildman–Crippen MR) is 71.0 cm³/mol. The van der Waals surface area contributed by atoms with Crippen molar-refractivity contribution in [3.05, 3.63) is 45.6 Å². The first kappa shape index (κ1) is 11.8. The van der Waals surface area contributed by atoms with Gasteiger partial charge in [0.1, 0.15) is 0 Å². The van der Waals surface area contributed by atoms with Crippen molar-refractivity contribution in [3.8, 4) is 0 Å². The maximum atomic E-state index is 11.7. The van der Waals surface area contributed by atoms with Crippen LogP contribution in [-0.2, 0) is 4.79 Å². The number of carbonyl (C=O) groups is 1. The lowest BCUT2D eigenvalue weighted by Gasteiger charge is -2.23. The Balaban J connectivity index is 2.25. The third kappa shape index (κ3) is 2.35. The summed E-state index contributed by atoms with van der Waals surface area (Å²) < 4.78 is 1.01. The van der Waals surface area contributed by atoms with Crippen molar-refractivity contribution < 1.29 is 9.90 Å². The molecule has 0 radical (unpaired) electrons. The molecule has 2 rings (SSSR count).